The summed E-state index contributed by atoms with van der Waals surface area (Å²) in [5.41, 5.74) is 4.96. The Kier molecular flexibility index (Phi) is 10.7. The maximum Gasteiger partial charge on any atom is 0.414 e. The van der Waals surface area contributed by atoms with Crippen LogP contribution < -0.4 is 14.8 Å². The highest BCUT2D eigenvalue weighted by Crippen LogP contribution is 2.41. The number of rotatable bonds is 10. The van der Waals surface area contributed by atoms with Crippen LogP contribution in [0.2, 0.25) is 0 Å². The van der Waals surface area contributed by atoms with E-state index in [0.29, 0.717) is 13.0 Å². The van der Waals surface area contributed by atoms with Gasteiger partial charge in [-0.3, -0.25) is 9.69 Å². The van der Waals surface area contributed by atoms with Gasteiger partial charge < -0.3 is 25.0 Å². The first kappa shape index (κ1) is 32.0. The van der Waals surface area contributed by atoms with Gasteiger partial charge in [0.2, 0.25) is 5.91 Å². The van der Waals surface area contributed by atoms with Gasteiger partial charge in [-0.05, 0) is 110 Å². The van der Waals surface area contributed by atoms with Gasteiger partial charge in [0.05, 0.1) is 6.04 Å². The molecule has 4 aromatic rings. The average molecular weight is 631 g/mol. The molecule has 1 amide bonds. The molecule has 6 rings (SSSR count). The molecule has 9 nitrogen and oxygen atoms in total. The van der Waals surface area contributed by atoms with E-state index >= 15 is 0 Å². The summed E-state index contributed by atoms with van der Waals surface area (Å²) in [5.74, 6) is -1.71. The fraction of sp³-hybridized carbons (Fsp3) is 0.343. The molecule has 236 valence electrons. The molecule has 2 aliphatic heterocycles. The number of benzene rings is 3. The zero-order valence-electron chi connectivity index (χ0n) is 25.3. The summed E-state index contributed by atoms with van der Waals surface area (Å²) in [4.78, 5) is 33.5. The lowest BCUT2D eigenvalue weighted by Gasteiger charge is -2.15. The van der Waals surface area contributed by atoms with E-state index in [9.17, 15) is 4.79 Å². The summed E-state index contributed by atoms with van der Waals surface area (Å²) in [7, 11) is 0. The number of aliphatic carboxylic acids is 2. The van der Waals surface area contributed by atoms with Crippen LogP contribution in [0.1, 0.15) is 42.4 Å². The van der Waals surface area contributed by atoms with Gasteiger partial charge in [-0.2, -0.15) is 0 Å². The van der Waals surface area contributed by atoms with E-state index in [1.54, 1.807) is 0 Å². The molecule has 45 heavy (non-hydrogen) atoms. The fourth-order valence-corrected chi connectivity index (χ4v) is 6.88. The molecule has 3 aromatic carbocycles. The number of hydrogen-bond acceptors (Lipinski definition) is 7. The predicted octanol–water partition coefficient (Wildman–Crippen LogP) is 5.76. The summed E-state index contributed by atoms with van der Waals surface area (Å²) in [6.07, 6.45) is 4.92. The van der Waals surface area contributed by atoms with Crippen molar-refractivity contribution in [1.82, 2.24) is 10.2 Å². The maximum atomic E-state index is 11.5. The molecule has 2 aliphatic rings. The van der Waals surface area contributed by atoms with Crippen molar-refractivity contribution in [2.24, 2.45) is 0 Å². The lowest BCUT2D eigenvalue weighted by atomic mass is 9.98. The van der Waals surface area contributed by atoms with E-state index in [-0.39, 0.29) is 11.9 Å². The molecule has 3 N–H and O–H groups in total. The lowest BCUT2D eigenvalue weighted by molar-refractivity contribution is -0.159. The van der Waals surface area contributed by atoms with Crippen LogP contribution >= 0.6 is 11.3 Å². The lowest BCUT2D eigenvalue weighted by Crippen LogP contribution is -2.30. The van der Waals surface area contributed by atoms with Crippen molar-refractivity contribution in [3.63, 3.8) is 0 Å². The molecule has 0 aliphatic carbocycles. The molecule has 0 spiro atoms. The van der Waals surface area contributed by atoms with Gasteiger partial charge in [0.15, 0.2) is 0 Å². The van der Waals surface area contributed by atoms with Gasteiger partial charge in [-0.15, -0.1) is 11.3 Å². The number of carbonyl (C=O) groups excluding carboxylic acids is 1. The molecular formula is C35H38N2O7S. The van der Waals surface area contributed by atoms with Gasteiger partial charge in [0.1, 0.15) is 24.7 Å². The SMILES string of the molecule is Cc1cc(-c2sc3ccccc3c2Cc2ccc(OCCN3CCCC3)cc2)ccc1OC[C@H]1CCC(=O)N1.O=C(O)C(=O)O. The van der Waals surface area contributed by atoms with Crippen molar-refractivity contribution in [1.29, 1.82) is 0 Å². The molecule has 0 radical (unpaired) electrons. The number of thiophene rings is 1. The van der Waals surface area contributed by atoms with Crippen molar-refractivity contribution >= 4 is 39.3 Å². The number of ether oxygens (including phenoxy) is 2. The maximum absolute atomic E-state index is 11.5. The van der Waals surface area contributed by atoms with E-state index in [2.05, 4.69) is 83.9 Å². The highest BCUT2D eigenvalue weighted by atomic mass is 32.1. The second-order valence-corrected chi connectivity index (χ2v) is 12.4. The third kappa shape index (κ3) is 8.61. The van der Waals surface area contributed by atoms with Crippen LogP contribution in [0.3, 0.4) is 0 Å². The van der Waals surface area contributed by atoms with E-state index in [0.717, 1.165) is 43.1 Å². The Balaban J connectivity index is 0.000000609. The molecular weight excluding hydrogens is 592 g/mol. The van der Waals surface area contributed by atoms with Gasteiger partial charge in [0.25, 0.3) is 0 Å². The van der Waals surface area contributed by atoms with Crippen LogP contribution in [0, 0.1) is 6.92 Å². The third-order valence-electron chi connectivity index (χ3n) is 8.02. The van der Waals surface area contributed by atoms with Gasteiger partial charge >= 0.3 is 11.9 Å². The van der Waals surface area contributed by atoms with Crippen molar-refractivity contribution in [2.45, 2.75) is 45.1 Å². The Hall–Kier alpha value is -4.41. The first-order chi connectivity index (χ1) is 21.8. The summed E-state index contributed by atoms with van der Waals surface area (Å²) < 4.78 is 13.4. The molecule has 3 heterocycles. The smallest absolute Gasteiger partial charge is 0.414 e. The van der Waals surface area contributed by atoms with Crippen LogP contribution in [0.4, 0.5) is 0 Å². The highest BCUT2D eigenvalue weighted by molar-refractivity contribution is 7.22. The molecule has 2 fully saturated rings. The standard InChI is InChI=1S/C33H36N2O3S.C2H2O4/c1-23-20-25(10-14-30(23)38-22-26-11-15-32(36)34-26)33-29(28-6-2-3-7-31(28)39-33)21-24-8-12-27(13-9-24)37-19-18-35-16-4-5-17-35;3-1(4)2(5)6/h2-3,6-10,12-14,20,26H,4-5,11,15-19,21-22H2,1H3,(H,34,36);(H,3,4)(H,5,6)/t26-;/m1./s1. The van der Waals surface area contributed by atoms with Crippen LogP contribution in [-0.4, -0.2) is 71.8 Å². The van der Waals surface area contributed by atoms with E-state index in [4.69, 9.17) is 29.3 Å². The number of carbonyl (C=O) groups is 3. The average Bonchev–Trinajstić information content (AvgIpc) is 3.79. The molecule has 0 saturated carbocycles. The summed E-state index contributed by atoms with van der Waals surface area (Å²) in [6, 6.07) is 23.9. The predicted molar refractivity (Wildman–Crippen MR) is 174 cm³/mol. The number of carboxylic acid groups (broad SMARTS) is 2. The van der Waals surface area contributed by atoms with E-state index < -0.39 is 11.9 Å². The largest absolute Gasteiger partial charge is 0.492 e. The second kappa shape index (κ2) is 15.0. The second-order valence-electron chi connectivity index (χ2n) is 11.3. The van der Waals surface area contributed by atoms with Crippen molar-refractivity contribution in [3.8, 4) is 21.9 Å². The zero-order valence-corrected chi connectivity index (χ0v) is 26.1. The van der Waals surface area contributed by atoms with Gasteiger partial charge in [-0.25, -0.2) is 9.59 Å². The Morgan fingerprint density at radius 2 is 1.71 bits per heavy atom. The number of nitrogens with zero attached hydrogens (tertiary/aromatic N) is 1. The topological polar surface area (TPSA) is 125 Å². The number of likely N-dealkylation sites (tertiary alicyclic amines) is 1. The molecule has 2 saturated heterocycles. The number of amides is 1. The van der Waals surface area contributed by atoms with Crippen LogP contribution in [-0.2, 0) is 20.8 Å². The number of carboxylic acids is 2. The Bertz CT molecular complexity index is 1630. The minimum Gasteiger partial charge on any atom is -0.492 e. The third-order valence-corrected chi connectivity index (χ3v) is 9.28. The normalized spacial score (nSPS) is 16.2. The number of hydrogen-bond donors (Lipinski definition) is 3. The van der Waals surface area contributed by atoms with Crippen molar-refractivity contribution < 1.29 is 34.1 Å². The molecule has 0 bridgehead atoms. The summed E-state index contributed by atoms with van der Waals surface area (Å²) in [6.45, 7) is 6.77. The summed E-state index contributed by atoms with van der Waals surface area (Å²) in [5, 5.41) is 19.1. The number of aryl methyl sites for hydroxylation is 1. The fourth-order valence-electron chi connectivity index (χ4n) is 5.66. The molecule has 0 unspecified atom stereocenters. The van der Waals surface area contributed by atoms with E-state index in [1.165, 1.54) is 57.6 Å². The zero-order chi connectivity index (χ0) is 31.8. The highest BCUT2D eigenvalue weighted by Gasteiger charge is 2.22. The quantitative estimate of drug-likeness (QED) is 0.189. The summed E-state index contributed by atoms with van der Waals surface area (Å²) >= 11 is 1.85. The molecule has 1 aromatic heterocycles. The van der Waals surface area contributed by atoms with Crippen LogP contribution in [0.25, 0.3) is 20.5 Å². The minimum atomic E-state index is -1.82. The van der Waals surface area contributed by atoms with Crippen LogP contribution in [0.15, 0.2) is 66.7 Å². The number of nitrogens with one attached hydrogen (secondary N) is 1. The van der Waals surface area contributed by atoms with Gasteiger partial charge in [-0.1, -0.05) is 30.3 Å². The Morgan fingerprint density at radius 3 is 2.38 bits per heavy atom. The molecule has 1 atom stereocenters. The van der Waals surface area contributed by atoms with Gasteiger partial charge in [0, 0.05) is 22.5 Å². The Labute approximate surface area is 266 Å². The first-order valence-corrected chi connectivity index (χ1v) is 16.0. The molecule has 10 heteroatoms. The monoisotopic (exact) mass is 630 g/mol. The van der Waals surface area contributed by atoms with Crippen molar-refractivity contribution in [3.05, 3.63) is 83.4 Å². The minimum absolute atomic E-state index is 0.104. The Morgan fingerprint density at radius 1 is 0.978 bits per heavy atom. The van der Waals surface area contributed by atoms with Crippen LogP contribution in [0.5, 0.6) is 11.5 Å². The number of fused-ring (bicyclic) bond motifs is 1. The van der Waals surface area contributed by atoms with E-state index in [1.807, 2.05) is 11.3 Å². The van der Waals surface area contributed by atoms with Crippen molar-refractivity contribution in [2.75, 3.05) is 32.8 Å². The first-order valence-electron chi connectivity index (χ1n) is 15.2.